The lowest BCUT2D eigenvalue weighted by Gasteiger charge is -2.14. The summed E-state index contributed by atoms with van der Waals surface area (Å²) < 4.78 is 1.95. The third kappa shape index (κ3) is 3.04. The number of fused-ring (bicyclic) bond motifs is 1. The van der Waals surface area contributed by atoms with Gasteiger partial charge in [0.05, 0.1) is 15.7 Å². The van der Waals surface area contributed by atoms with Gasteiger partial charge in [0.1, 0.15) is 5.82 Å². The van der Waals surface area contributed by atoms with Crippen molar-refractivity contribution < 1.29 is 0 Å². The number of benzene rings is 1. The fourth-order valence-corrected chi connectivity index (χ4v) is 3.31. The Hall–Kier alpha value is -1.71. The molecule has 0 aliphatic heterocycles. The van der Waals surface area contributed by atoms with Gasteiger partial charge in [0.2, 0.25) is 0 Å². The van der Waals surface area contributed by atoms with Gasteiger partial charge in [-0.15, -0.1) is 0 Å². The second-order valence-corrected chi connectivity index (χ2v) is 6.59. The van der Waals surface area contributed by atoms with E-state index in [1.165, 1.54) is 11.1 Å². The van der Waals surface area contributed by atoms with Crippen LogP contribution < -0.4 is 5.32 Å². The first-order chi connectivity index (χ1) is 11.0. The third-order valence-electron chi connectivity index (χ3n) is 3.93. The topological polar surface area (TPSA) is 29.3 Å². The van der Waals surface area contributed by atoms with Crippen molar-refractivity contribution in [1.82, 2.24) is 9.38 Å². The molecule has 23 heavy (non-hydrogen) atoms. The van der Waals surface area contributed by atoms with E-state index in [9.17, 15) is 0 Å². The molecular formula is C18H19Cl2N3. The van der Waals surface area contributed by atoms with E-state index in [1.54, 1.807) is 6.07 Å². The molecule has 0 atom stereocenters. The maximum Gasteiger partial charge on any atom is 0.157 e. The number of hydrogen-bond donors (Lipinski definition) is 1. The molecular weight excluding hydrogens is 329 g/mol. The molecule has 0 unspecified atom stereocenters. The maximum absolute atomic E-state index is 6.32. The second-order valence-electron chi connectivity index (χ2n) is 5.75. The highest BCUT2D eigenvalue weighted by molar-refractivity contribution is 6.36. The van der Waals surface area contributed by atoms with E-state index in [4.69, 9.17) is 28.2 Å². The van der Waals surface area contributed by atoms with Crippen molar-refractivity contribution in [3.05, 3.63) is 57.3 Å². The second kappa shape index (κ2) is 6.42. The van der Waals surface area contributed by atoms with Crippen molar-refractivity contribution in [2.75, 3.05) is 5.32 Å². The Labute approximate surface area is 146 Å². The molecule has 3 rings (SSSR count). The molecule has 3 aromatic rings. The quantitative estimate of drug-likeness (QED) is 0.631. The van der Waals surface area contributed by atoms with E-state index in [-0.39, 0.29) is 0 Å². The lowest BCUT2D eigenvalue weighted by atomic mass is 10.1. The van der Waals surface area contributed by atoms with E-state index < -0.39 is 0 Å². The smallest absolute Gasteiger partial charge is 0.157 e. The van der Waals surface area contributed by atoms with Gasteiger partial charge in [-0.05, 0) is 37.5 Å². The van der Waals surface area contributed by atoms with Gasteiger partial charge in [0.25, 0.3) is 0 Å². The van der Waals surface area contributed by atoms with Crippen LogP contribution in [-0.4, -0.2) is 9.38 Å². The average molecular weight is 348 g/mol. The van der Waals surface area contributed by atoms with Gasteiger partial charge >= 0.3 is 0 Å². The highest BCUT2D eigenvalue weighted by Crippen LogP contribution is 2.31. The number of para-hydroxylation sites is 1. The SMILES string of the molecule is CCCc1nc2c(Cl)cc(Cl)cn2c1Nc1c(C)cccc1C. The summed E-state index contributed by atoms with van der Waals surface area (Å²) in [6.07, 6.45) is 3.74. The molecule has 0 amide bonds. The summed E-state index contributed by atoms with van der Waals surface area (Å²) in [5.74, 6) is 0.934. The molecule has 0 saturated heterocycles. The maximum atomic E-state index is 6.32. The van der Waals surface area contributed by atoms with Crippen LogP contribution in [0.5, 0.6) is 0 Å². The van der Waals surface area contributed by atoms with E-state index in [0.29, 0.717) is 10.0 Å². The van der Waals surface area contributed by atoms with Crippen LogP contribution in [0.1, 0.15) is 30.2 Å². The Bertz CT molecular complexity index is 848. The molecule has 0 spiro atoms. The van der Waals surface area contributed by atoms with Crippen LogP contribution in [0.2, 0.25) is 10.0 Å². The van der Waals surface area contributed by atoms with E-state index in [1.807, 2.05) is 10.6 Å². The van der Waals surface area contributed by atoms with E-state index >= 15 is 0 Å². The molecule has 0 aliphatic rings. The summed E-state index contributed by atoms with van der Waals surface area (Å²) in [4.78, 5) is 4.71. The number of aryl methyl sites for hydroxylation is 3. The zero-order chi connectivity index (χ0) is 16.6. The monoisotopic (exact) mass is 347 g/mol. The first kappa shape index (κ1) is 16.2. The number of hydrogen-bond acceptors (Lipinski definition) is 2. The number of nitrogens with one attached hydrogen (secondary N) is 1. The van der Waals surface area contributed by atoms with Gasteiger partial charge in [-0.25, -0.2) is 4.98 Å². The molecule has 0 bridgehead atoms. The molecule has 2 aromatic heterocycles. The highest BCUT2D eigenvalue weighted by Gasteiger charge is 2.16. The summed E-state index contributed by atoms with van der Waals surface area (Å²) >= 11 is 12.5. The van der Waals surface area contributed by atoms with Crippen LogP contribution in [-0.2, 0) is 6.42 Å². The third-order valence-corrected chi connectivity index (χ3v) is 4.41. The average Bonchev–Trinajstić information content (AvgIpc) is 2.82. The summed E-state index contributed by atoms with van der Waals surface area (Å²) in [5, 5.41) is 4.70. The predicted octanol–water partition coefficient (Wildman–Crippen LogP) is 5.95. The molecule has 120 valence electrons. The minimum atomic E-state index is 0.560. The fraction of sp³-hybridized carbons (Fsp3) is 0.278. The van der Waals surface area contributed by atoms with Gasteiger partial charge in [-0.1, -0.05) is 54.7 Å². The molecule has 0 fully saturated rings. The number of pyridine rings is 1. The molecule has 0 radical (unpaired) electrons. The van der Waals surface area contributed by atoms with Crippen LogP contribution in [0.4, 0.5) is 11.5 Å². The largest absolute Gasteiger partial charge is 0.339 e. The first-order valence-corrected chi connectivity index (χ1v) is 8.46. The van der Waals surface area contributed by atoms with Gasteiger partial charge in [0.15, 0.2) is 5.65 Å². The lowest BCUT2D eigenvalue weighted by molar-refractivity contribution is 0.896. The van der Waals surface area contributed by atoms with Gasteiger partial charge in [0, 0.05) is 11.9 Å². The molecule has 2 heterocycles. The number of imidazole rings is 1. The molecule has 0 saturated carbocycles. The zero-order valence-corrected chi connectivity index (χ0v) is 15.0. The zero-order valence-electron chi connectivity index (χ0n) is 13.5. The van der Waals surface area contributed by atoms with E-state index in [2.05, 4.69) is 44.3 Å². The standard InChI is InChI=1S/C18H19Cl2N3/c1-4-6-15-18(22-16-11(2)7-5-8-12(16)3)23-10-13(19)9-14(20)17(23)21-15/h5,7-10,22H,4,6H2,1-3H3. The Balaban J connectivity index is 2.20. The van der Waals surface area contributed by atoms with Gasteiger partial charge in [-0.3, -0.25) is 4.40 Å². The Morgan fingerprint density at radius 2 is 1.87 bits per heavy atom. The van der Waals surface area contributed by atoms with Crippen LogP contribution in [0.3, 0.4) is 0 Å². The van der Waals surface area contributed by atoms with Crippen molar-refractivity contribution >= 4 is 40.4 Å². The van der Waals surface area contributed by atoms with Crippen molar-refractivity contribution in [3.63, 3.8) is 0 Å². The Morgan fingerprint density at radius 3 is 2.52 bits per heavy atom. The van der Waals surface area contributed by atoms with Gasteiger partial charge in [-0.2, -0.15) is 0 Å². The summed E-state index contributed by atoms with van der Waals surface area (Å²) in [6.45, 7) is 6.33. The first-order valence-electron chi connectivity index (χ1n) is 7.70. The molecule has 5 heteroatoms. The van der Waals surface area contributed by atoms with E-state index in [0.717, 1.165) is 35.7 Å². The van der Waals surface area contributed by atoms with Crippen LogP contribution in [0.25, 0.3) is 5.65 Å². The van der Waals surface area contributed by atoms with Gasteiger partial charge < -0.3 is 5.32 Å². The van der Waals surface area contributed by atoms with Crippen molar-refractivity contribution in [2.45, 2.75) is 33.6 Å². The summed E-state index contributed by atoms with van der Waals surface area (Å²) in [5.41, 5.74) is 5.21. The number of halogens is 2. The fourth-order valence-electron chi connectivity index (χ4n) is 2.79. The Morgan fingerprint density at radius 1 is 1.17 bits per heavy atom. The van der Waals surface area contributed by atoms with Crippen molar-refractivity contribution in [1.29, 1.82) is 0 Å². The predicted molar refractivity (Wildman–Crippen MR) is 98.4 cm³/mol. The van der Waals surface area contributed by atoms with Crippen LogP contribution >= 0.6 is 23.2 Å². The number of aromatic nitrogens is 2. The molecule has 0 aliphatic carbocycles. The normalized spacial score (nSPS) is 11.2. The Kier molecular flexibility index (Phi) is 4.51. The van der Waals surface area contributed by atoms with Crippen LogP contribution in [0.15, 0.2) is 30.5 Å². The number of nitrogens with zero attached hydrogens (tertiary/aromatic N) is 2. The van der Waals surface area contributed by atoms with Crippen molar-refractivity contribution in [2.24, 2.45) is 0 Å². The van der Waals surface area contributed by atoms with Crippen LogP contribution in [0, 0.1) is 13.8 Å². The molecule has 3 nitrogen and oxygen atoms in total. The number of anilines is 2. The lowest BCUT2D eigenvalue weighted by Crippen LogP contribution is -2.02. The van der Waals surface area contributed by atoms with Crippen molar-refractivity contribution in [3.8, 4) is 0 Å². The molecule has 1 N–H and O–H groups in total. The minimum Gasteiger partial charge on any atom is -0.339 e. The number of rotatable bonds is 4. The summed E-state index contributed by atoms with van der Waals surface area (Å²) in [6, 6.07) is 7.98. The molecule has 1 aromatic carbocycles. The summed E-state index contributed by atoms with van der Waals surface area (Å²) in [7, 11) is 0. The minimum absolute atomic E-state index is 0.560. The highest BCUT2D eigenvalue weighted by atomic mass is 35.5.